The summed E-state index contributed by atoms with van der Waals surface area (Å²) in [5.41, 5.74) is 1.52. The number of thiophene rings is 1. The van der Waals surface area contributed by atoms with Gasteiger partial charge in [0.05, 0.1) is 0 Å². The zero-order valence-corrected chi connectivity index (χ0v) is 13.3. The maximum Gasteiger partial charge on any atom is 0.321 e. The second kappa shape index (κ2) is 5.87. The SMILES string of the molecule is O=C(Nc1ccc(N2CCNC2=O)cc1)c1sccc1Br. The number of hydrogen-bond acceptors (Lipinski definition) is 3. The van der Waals surface area contributed by atoms with Gasteiger partial charge in [0.15, 0.2) is 0 Å². The van der Waals surface area contributed by atoms with E-state index in [2.05, 4.69) is 26.6 Å². The highest BCUT2D eigenvalue weighted by Gasteiger charge is 2.20. The lowest BCUT2D eigenvalue weighted by Gasteiger charge is -2.14. The van der Waals surface area contributed by atoms with Crippen molar-refractivity contribution in [1.82, 2.24) is 5.32 Å². The number of nitrogens with zero attached hydrogens (tertiary/aromatic N) is 1. The van der Waals surface area contributed by atoms with Crippen molar-refractivity contribution in [3.63, 3.8) is 0 Å². The molecule has 0 unspecified atom stereocenters. The molecule has 1 saturated heterocycles. The molecule has 1 aliphatic rings. The molecule has 0 bridgehead atoms. The van der Waals surface area contributed by atoms with Crippen LogP contribution in [0.3, 0.4) is 0 Å². The van der Waals surface area contributed by atoms with Gasteiger partial charge in [-0.3, -0.25) is 9.69 Å². The first-order valence-electron chi connectivity index (χ1n) is 6.35. The predicted octanol–water partition coefficient (Wildman–Crippen LogP) is 3.29. The van der Waals surface area contributed by atoms with Gasteiger partial charge in [-0.25, -0.2) is 4.79 Å². The lowest BCUT2D eigenvalue weighted by molar-refractivity contribution is 0.103. The van der Waals surface area contributed by atoms with Crippen LogP contribution in [0.2, 0.25) is 0 Å². The first kappa shape index (κ1) is 14.1. The number of anilines is 2. The third-order valence-corrected chi connectivity index (χ3v) is 4.95. The highest BCUT2D eigenvalue weighted by Crippen LogP contribution is 2.24. The third-order valence-electron chi connectivity index (χ3n) is 3.12. The van der Waals surface area contributed by atoms with E-state index >= 15 is 0 Å². The molecule has 0 saturated carbocycles. The molecule has 7 heteroatoms. The van der Waals surface area contributed by atoms with Crippen LogP contribution in [0.4, 0.5) is 16.2 Å². The monoisotopic (exact) mass is 365 g/mol. The van der Waals surface area contributed by atoms with Gasteiger partial charge in [0.2, 0.25) is 0 Å². The van der Waals surface area contributed by atoms with Crippen molar-refractivity contribution in [3.8, 4) is 0 Å². The Labute approximate surface area is 134 Å². The van der Waals surface area contributed by atoms with Gasteiger partial charge in [0, 0.05) is 28.9 Å². The van der Waals surface area contributed by atoms with Crippen molar-refractivity contribution in [2.45, 2.75) is 0 Å². The van der Waals surface area contributed by atoms with E-state index in [9.17, 15) is 9.59 Å². The number of halogens is 1. The van der Waals surface area contributed by atoms with Crippen LogP contribution in [-0.2, 0) is 0 Å². The quantitative estimate of drug-likeness (QED) is 0.876. The minimum Gasteiger partial charge on any atom is -0.336 e. The van der Waals surface area contributed by atoms with Gasteiger partial charge in [0.1, 0.15) is 4.88 Å². The van der Waals surface area contributed by atoms with Crippen LogP contribution in [0, 0.1) is 0 Å². The van der Waals surface area contributed by atoms with Gasteiger partial charge in [0.25, 0.3) is 5.91 Å². The number of carbonyl (C=O) groups is 2. The molecule has 2 heterocycles. The van der Waals surface area contributed by atoms with E-state index in [0.717, 1.165) is 10.2 Å². The lowest BCUT2D eigenvalue weighted by Crippen LogP contribution is -2.27. The highest BCUT2D eigenvalue weighted by atomic mass is 79.9. The van der Waals surface area contributed by atoms with Crippen LogP contribution in [0.25, 0.3) is 0 Å². The fourth-order valence-corrected chi connectivity index (χ4v) is 3.53. The smallest absolute Gasteiger partial charge is 0.321 e. The molecule has 3 rings (SSSR count). The average Bonchev–Trinajstić information content (AvgIpc) is 3.08. The first-order valence-corrected chi connectivity index (χ1v) is 8.02. The fraction of sp³-hybridized carbons (Fsp3) is 0.143. The minimum absolute atomic E-state index is 0.0886. The van der Waals surface area contributed by atoms with Crippen LogP contribution < -0.4 is 15.5 Å². The van der Waals surface area contributed by atoms with Gasteiger partial charge < -0.3 is 10.6 Å². The van der Waals surface area contributed by atoms with E-state index in [-0.39, 0.29) is 11.9 Å². The maximum absolute atomic E-state index is 12.1. The fourth-order valence-electron chi connectivity index (χ4n) is 2.09. The normalized spacial score (nSPS) is 14.1. The standard InChI is InChI=1S/C14H12BrN3O2S/c15-11-5-8-21-12(11)13(19)17-9-1-3-10(4-2-9)18-7-6-16-14(18)20/h1-5,8H,6-7H2,(H,16,20)(H,17,19). The Bertz CT molecular complexity index is 684. The van der Waals surface area contributed by atoms with Crippen LogP contribution in [-0.4, -0.2) is 25.0 Å². The second-order valence-electron chi connectivity index (χ2n) is 4.48. The Morgan fingerprint density at radius 2 is 2.05 bits per heavy atom. The van der Waals surface area contributed by atoms with Gasteiger partial charge in [-0.15, -0.1) is 11.3 Å². The number of hydrogen-bond donors (Lipinski definition) is 2. The maximum atomic E-state index is 12.1. The average molecular weight is 366 g/mol. The molecule has 1 aromatic heterocycles. The summed E-state index contributed by atoms with van der Waals surface area (Å²) >= 11 is 4.72. The number of nitrogens with one attached hydrogen (secondary N) is 2. The third kappa shape index (κ3) is 2.93. The molecule has 108 valence electrons. The molecule has 5 nitrogen and oxygen atoms in total. The molecule has 1 fully saturated rings. The van der Waals surface area contributed by atoms with Crippen LogP contribution >= 0.6 is 27.3 Å². The van der Waals surface area contributed by atoms with Crippen LogP contribution in [0.15, 0.2) is 40.2 Å². The number of benzene rings is 1. The first-order chi connectivity index (χ1) is 10.1. The van der Waals surface area contributed by atoms with Crippen molar-refractivity contribution >= 4 is 50.6 Å². The van der Waals surface area contributed by atoms with E-state index in [1.165, 1.54) is 11.3 Å². The molecule has 0 atom stereocenters. The largest absolute Gasteiger partial charge is 0.336 e. The Kier molecular flexibility index (Phi) is 3.94. The highest BCUT2D eigenvalue weighted by molar-refractivity contribution is 9.10. The number of amides is 3. The van der Waals surface area contributed by atoms with Gasteiger partial charge >= 0.3 is 6.03 Å². The summed E-state index contributed by atoms with van der Waals surface area (Å²) in [6.07, 6.45) is 0. The summed E-state index contributed by atoms with van der Waals surface area (Å²) in [6.45, 7) is 1.32. The zero-order chi connectivity index (χ0) is 14.8. The second-order valence-corrected chi connectivity index (χ2v) is 6.25. The Morgan fingerprint density at radius 1 is 1.29 bits per heavy atom. The number of carbonyl (C=O) groups excluding carboxylic acids is 2. The topological polar surface area (TPSA) is 61.4 Å². The molecule has 2 N–H and O–H groups in total. The molecule has 0 radical (unpaired) electrons. The summed E-state index contributed by atoms with van der Waals surface area (Å²) in [5.74, 6) is -0.149. The molecule has 1 aromatic carbocycles. The van der Waals surface area contributed by atoms with Gasteiger partial charge in [-0.1, -0.05) is 0 Å². The Morgan fingerprint density at radius 3 is 2.62 bits per heavy atom. The molecule has 0 spiro atoms. The molecule has 0 aliphatic carbocycles. The lowest BCUT2D eigenvalue weighted by atomic mass is 10.2. The molecule has 1 aliphatic heterocycles. The summed E-state index contributed by atoms with van der Waals surface area (Å²) < 4.78 is 0.787. The molecule has 3 amide bonds. The summed E-state index contributed by atoms with van der Waals surface area (Å²) in [7, 11) is 0. The van der Waals surface area contributed by atoms with Crippen molar-refractivity contribution in [2.24, 2.45) is 0 Å². The molecular weight excluding hydrogens is 354 g/mol. The van der Waals surface area contributed by atoms with E-state index in [1.807, 2.05) is 23.6 Å². The summed E-state index contributed by atoms with van der Waals surface area (Å²) in [6, 6.07) is 8.98. The Hall–Kier alpha value is -1.86. The zero-order valence-electron chi connectivity index (χ0n) is 10.9. The van der Waals surface area contributed by atoms with E-state index in [0.29, 0.717) is 23.7 Å². The van der Waals surface area contributed by atoms with Crippen LogP contribution in [0.1, 0.15) is 9.67 Å². The van der Waals surface area contributed by atoms with Crippen molar-refractivity contribution in [1.29, 1.82) is 0 Å². The van der Waals surface area contributed by atoms with Gasteiger partial charge in [-0.2, -0.15) is 0 Å². The minimum atomic E-state index is -0.149. The summed E-state index contributed by atoms with van der Waals surface area (Å²) in [4.78, 5) is 26.0. The molecular formula is C14H12BrN3O2S. The van der Waals surface area contributed by atoms with Crippen molar-refractivity contribution < 1.29 is 9.59 Å². The number of urea groups is 1. The Balaban J connectivity index is 1.71. The molecule has 2 aromatic rings. The number of rotatable bonds is 3. The van der Waals surface area contributed by atoms with E-state index < -0.39 is 0 Å². The van der Waals surface area contributed by atoms with E-state index in [1.54, 1.807) is 17.0 Å². The van der Waals surface area contributed by atoms with Gasteiger partial charge in [-0.05, 0) is 51.6 Å². The predicted molar refractivity (Wildman–Crippen MR) is 87.2 cm³/mol. The van der Waals surface area contributed by atoms with Crippen molar-refractivity contribution in [3.05, 3.63) is 45.1 Å². The van der Waals surface area contributed by atoms with Crippen molar-refractivity contribution in [2.75, 3.05) is 23.3 Å². The van der Waals surface area contributed by atoms with Crippen LogP contribution in [0.5, 0.6) is 0 Å². The van der Waals surface area contributed by atoms with E-state index in [4.69, 9.17) is 0 Å². The summed E-state index contributed by atoms with van der Waals surface area (Å²) in [5, 5.41) is 7.44. The molecule has 21 heavy (non-hydrogen) atoms.